The summed E-state index contributed by atoms with van der Waals surface area (Å²) in [6.07, 6.45) is 9.08. The average molecular weight is 300 g/mol. The van der Waals surface area contributed by atoms with Crippen molar-refractivity contribution in [2.24, 2.45) is 5.92 Å². The van der Waals surface area contributed by atoms with Crippen molar-refractivity contribution in [3.63, 3.8) is 0 Å². The third kappa shape index (κ3) is 2.13. The minimum atomic E-state index is 0.482. The van der Waals surface area contributed by atoms with Crippen molar-refractivity contribution >= 4 is 17.2 Å². The number of nitrogens with zero attached hydrogens (tertiary/aromatic N) is 1. The fraction of sp³-hybridized carbons (Fsp3) is 0.389. The summed E-state index contributed by atoms with van der Waals surface area (Å²) >= 11 is 6.22. The fourth-order valence-corrected chi connectivity index (χ4v) is 3.61. The molecule has 1 fully saturated rings. The van der Waals surface area contributed by atoms with E-state index >= 15 is 0 Å². The van der Waals surface area contributed by atoms with Crippen LogP contribution in [0.1, 0.15) is 49.8 Å². The predicted octanol–water partition coefficient (Wildman–Crippen LogP) is 5.69. The Labute approximate surface area is 129 Å². The van der Waals surface area contributed by atoms with Crippen LogP contribution in [0, 0.1) is 5.92 Å². The summed E-state index contributed by atoms with van der Waals surface area (Å²) in [5, 5.41) is 5.08. The number of hydrogen-bond donors (Lipinski definition) is 0. The standard InChI is InChI=1S/C18H18ClNO/c1-11-5-7-15(12-3-2-4-12)18-17(10-21-20-18)16-9-13(19)6-8-14(11)16/h6-12H,2-5H2,1H3. The molecule has 108 valence electrons. The highest BCUT2D eigenvalue weighted by Gasteiger charge is 2.29. The van der Waals surface area contributed by atoms with Crippen LogP contribution in [0.25, 0.3) is 16.7 Å². The Morgan fingerprint density at radius 1 is 1.24 bits per heavy atom. The van der Waals surface area contributed by atoms with Crippen LogP contribution in [0.15, 0.2) is 35.1 Å². The summed E-state index contributed by atoms with van der Waals surface area (Å²) in [7, 11) is 0. The molecule has 2 aliphatic rings. The van der Waals surface area contributed by atoms with Crippen molar-refractivity contribution in [2.45, 2.75) is 38.5 Å². The van der Waals surface area contributed by atoms with Gasteiger partial charge in [-0.2, -0.15) is 0 Å². The number of rotatable bonds is 1. The fourth-order valence-electron chi connectivity index (χ4n) is 3.43. The second-order valence-corrected chi connectivity index (χ2v) is 6.67. The van der Waals surface area contributed by atoms with E-state index in [4.69, 9.17) is 16.1 Å². The third-order valence-corrected chi connectivity index (χ3v) is 5.15. The summed E-state index contributed by atoms with van der Waals surface area (Å²) in [4.78, 5) is 0. The van der Waals surface area contributed by atoms with Gasteiger partial charge in [0.1, 0.15) is 12.0 Å². The van der Waals surface area contributed by atoms with Crippen molar-refractivity contribution in [2.75, 3.05) is 0 Å². The zero-order valence-electron chi connectivity index (χ0n) is 12.1. The Hall–Kier alpha value is -1.54. The first kappa shape index (κ1) is 13.1. The largest absolute Gasteiger partial charge is 0.363 e. The van der Waals surface area contributed by atoms with Crippen LogP contribution in [-0.4, -0.2) is 5.16 Å². The lowest BCUT2D eigenvalue weighted by molar-refractivity contribution is 0.389. The van der Waals surface area contributed by atoms with Crippen LogP contribution in [0.5, 0.6) is 0 Å². The van der Waals surface area contributed by atoms with E-state index in [1.54, 1.807) is 6.26 Å². The first-order chi connectivity index (χ1) is 10.2. The van der Waals surface area contributed by atoms with Crippen molar-refractivity contribution in [1.29, 1.82) is 0 Å². The van der Waals surface area contributed by atoms with Crippen molar-refractivity contribution in [3.05, 3.63) is 46.8 Å². The van der Waals surface area contributed by atoms with Gasteiger partial charge in [-0.25, -0.2) is 0 Å². The Balaban J connectivity index is 1.92. The van der Waals surface area contributed by atoms with Crippen LogP contribution < -0.4 is 0 Å². The van der Waals surface area contributed by atoms with Crippen LogP contribution >= 0.6 is 11.6 Å². The van der Waals surface area contributed by atoms with Crippen molar-refractivity contribution in [3.8, 4) is 11.1 Å². The van der Waals surface area contributed by atoms with E-state index in [2.05, 4.69) is 24.2 Å². The van der Waals surface area contributed by atoms with E-state index < -0.39 is 0 Å². The van der Waals surface area contributed by atoms with Gasteiger partial charge in [0.2, 0.25) is 0 Å². The molecule has 4 rings (SSSR count). The van der Waals surface area contributed by atoms with Gasteiger partial charge in [-0.1, -0.05) is 42.2 Å². The summed E-state index contributed by atoms with van der Waals surface area (Å²) < 4.78 is 5.33. The Bertz CT molecular complexity index is 712. The number of hydrogen-bond acceptors (Lipinski definition) is 2. The van der Waals surface area contributed by atoms with Gasteiger partial charge in [0.25, 0.3) is 0 Å². The summed E-state index contributed by atoms with van der Waals surface area (Å²) in [5.41, 5.74) is 6.00. The lowest BCUT2D eigenvalue weighted by atomic mass is 9.75. The molecule has 21 heavy (non-hydrogen) atoms. The molecule has 1 saturated carbocycles. The molecule has 1 aromatic carbocycles. The minimum Gasteiger partial charge on any atom is -0.363 e. The highest BCUT2D eigenvalue weighted by molar-refractivity contribution is 6.30. The molecule has 3 heteroatoms. The summed E-state index contributed by atoms with van der Waals surface area (Å²) in [6, 6.07) is 6.16. The SMILES string of the molecule is CC1CC=C(C2CCC2)c2nocc2-c2cc(Cl)ccc21. The average Bonchev–Trinajstić information content (AvgIpc) is 2.88. The Morgan fingerprint density at radius 3 is 2.86 bits per heavy atom. The van der Waals surface area contributed by atoms with Crippen LogP contribution in [-0.2, 0) is 0 Å². The molecule has 1 aromatic heterocycles. The molecule has 0 aliphatic heterocycles. The molecule has 0 bridgehead atoms. The van der Waals surface area contributed by atoms with Crippen LogP contribution in [0.3, 0.4) is 0 Å². The normalized spacial score (nSPS) is 21.6. The second-order valence-electron chi connectivity index (χ2n) is 6.23. The summed E-state index contributed by atoms with van der Waals surface area (Å²) in [5.74, 6) is 1.14. The van der Waals surface area contributed by atoms with Gasteiger partial charge in [-0.3, -0.25) is 0 Å². The van der Waals surface area contributed by atoms with E-state index in [-0.39, 0.29) is 0 Å². The summed E-state index contributed by atoms with van der Waals surface area (Å²) in [6.45, 7) is 2.28. The predicted molar refractivity (Wildman–Crippen MR) is 85.3 cm³/mol. The molecule has 1 unspecified atom stereocenters. The molecule has 2 aliphatic carbocycles. The van der Waals surface area contributed by atoms with E-state index in [1.165, 1.54) is 36.0 Å². The van der Waals surface area contributed by atoms with E-state index in [9.17, 15) is 0 Å². The highest BCUT2D eigenvalue weighted by Crippen LogP contribution is 2.45. The molecule has 2 nitrogen and oxygen atoms in total. The molecule has 0 spiro atoms. The van der Waals surface area contributed by atoms with Gasteiger partial charge in [-0.15, -0.1) is 0 Å². The van der Waals surface area contributed by atoms with Gasteiger partial charge in [0.15, 0.2) is 0 Å². The van der Waals surface area contributed by atoms with Gasteiger partial charge in [0, 0.05) is 10.6 Å². The quantitative estimate of drug-likeness (QED) is 0.676. The molecule has 0 radical (unpaired) electrons. The topological polar surface area (TPSA) is 26.0 Å². The zero-order valence-corrected chi connectivity index (χ0v) is 12.9. The molecule has 0 amide bonds. The number of benzene rings is 1. The molecule has 2 aromatic rings. The maximum absolute atomic E-state index is 6.22. The maximum atomic E-state index is 6.22. The molecule has 0 saturated heterocycles. The Morgan fingerprint density at radius 2 is 2.10 bits per heavy atom. The Kier molecular flexibility index (Phi) is 3.15. The van der Waals surface area contributed by atoms with E-state index in [0.29, 0.717) is 11.8 Å². The van der Waals surface area contributed by atoms with Crippen molar-refractivity contribution in [1.82, 2.24) is 5.16 Å². The first-order valence-corrected chi connectivity index (χ1v) is 8.06. The molecular weight excluding hydrogens is 282 g/mol. The van der Waals surface area contributed by atoms with Gasteiger partial charge in [-0.05, 0) is 59.9 Å². The van der Waals surface area contributed by atoms with E-state index in [1.807, 2.05) is 12.1 Å². The monoisotopic (exact) mass is 299 g/mol. The minimum absolute atomic E-state index is 0.482. The van der Waals surface area contributed by atoms with Crippen molar-refractivity contribution < 1.29 is 4.52 Å². The highest BCUT2D eigenvalue weighted by atomic mass is 35.5. The van der Waals surface area contributed by atoms with Gasteiger partial charge < -0.3 is 4.52 Å². The van der Waals surface area contributed by atoms with E-state index in [0.717, 1.165) is 22.7 Å². The molecule has 1 heterocycles. The molecular formula is C18H18ClNO. The smallest absolute Gasteiger partial charge is 0.132 e. The third-order valence-electron chi connectivity index (χ3n) is 4.92. The number of allylic oxidation sites excluding steroid dienone is 2. The zero-order chi connectivity index (χ0) is 14.4. The number of fused-ring (bicyclic) bond motifs is 3. The second kappa shape index (κ2) is 5.03. The molecule has 0 N–H and O–H groups in total. The van der Waals surface area contributed by atoms with Gasteiger partial charge in [0.05, 0.1) is 0 Å². The van der Waals surface area contributed by atoms with Crippen LogP contribution in [0.4, 0.5) is 0 Å². The first-order valence-electron chi connectivity index (χ1n) is 7.68. The number of aromatic nitrogens is 1. The number of halogens is 1. The molecule has 1 atom stereocenters. The van der Waals surface area contributed by atoms with Crippen LogP contribution in [0.2, 0.25) is 5.02 Å². The lowest BCUT2D eigenvalue weighted by Gasteiger charge is -2.29. The lowest BCUT2D eigenvalue weighted by Crippen LogP contribution is -2.15. The van der Waals surface area contributed by atoms with Gasteiger partial charge >= 0.3 is 0 Å². The maximum Gasteiger partial charge on any atom is 0.132 e.